The number of hydrogen-bond acceptors (Lipinski definition) is 3. The fourth-order valence-corrected chi connectivity index (χ4v) is 1.43. The standard InChI is InChI=1S/C12H19N3O3/c1-9(2)3-4-11(16)13-5-6-15-7-10(12(17)18)14-8-15/h7-9H,3-6H2,1-2H3,(H,13,16)(H,17,18). The fourth-order valence-electron chi connectivity index (χ4n) is 1.43. The van der Waals surface area contributed by atoms with E-state index in [1.165, 1.54) is 12.5 Å². The minimum absolute atomic E-state index is 0.0149. The summed E-state index contributed by atoms with van der Waals surface area (Å²) in [7, 11) is 0. The van der Waals surface area contributed by atoms with Crippen LogP contribution in [0.25, 0.3) is 0 Å². The maximum atomic E-state index is 11.4. The molecule has 1 rings (SSSR count). The van der Waals surface area contributed by atoms with Gasteiger partial charge in [-0.2, -0.15) is 0 Å². The van der Waals surface area contributed by atoms with Gasteiger partial charge in [-0.05, 0) is 12.3 Å². The van der Waals surface area contributed by atoms with Crippen LogP contribution in [0, 0.1) is 5.92 Å². The number of aromatic carboxylic acids is 1. The van der Waals surface area contributed by atoms with Crippen LogP contribution in [0.1, 0.15) is 37.2 Å². The Balaban J connectivity index is 2.24. The molecule has 100 valence electrons. The van der Waals surface area contributed by atoms with Crippen LogP contribution in [0.3, 0.4) is 0 Å². The Hall–Kier alpha value is -1.85. The van der Waals surface area contributed by atoms with E-state index in [2.05, 4.69) is 24.1 Å². The van der Waals surface area contributed by atoms with Gasteiger partial charge >= 0.3 is 5.97 Å². The number of amides is 1. The minimum Gasteiger partial charge on any atom is -0.476 e. The van der Waals surface area contributed by atoms with Crippen molar-refractivity contribution in [3.8, 4) is 0 Å². The molecule has 0 aromatic carbocycles. The lowest BCUT2D eigenvalue weighted by Crippen LogP contribution is -2.27. The smallest absolute Gasteiger partial charge is 0.356 e. The van der Waals surface area contributed by atoms with E-state index in [1.54, 1.807) is 4.57 Å². The first kappa shape index (κ1) is 14.2. The Morgan fingerprint density at radius 2 is 2.22 bits per heavy atom. The number of aromatic nitrogens is 2. The number of carboxylic acid groups (broad SMARTS) is 1. The van der Waals surface area contributed by atoms with E-state index in [0.717, 1.165) is 6.42 Å². The summed E-state index contributed by atoms with van der Waals surface area (Å²) < 4.78 is 1.65. The van der Waals surface area contributed by atoms with E-state index >= 15 is 0 Å². The molecule has 0 unspecified atom stereocenters. The van der Waals surface area contributed by atoms with Crippen LogP contribution in [-0.4, -0.2) is 33.1 Å². The third kappa shape index (κ3) is 4.99. The minimum atomic E-state index is -1.05. The first-order valence-electron chi connectivity index (χ1n) is 6.01. The Labute approximate surface area is 106 Å². The molecule has 18 heavy (non-hydrogen) atoms. The molecule has 0 saturated heterocycles. The number of rotatable bonds is 7. The topological polar surface area (TPSA) is 84.2 Å². The Kier molecular flexibility index (Phi) is 5.35. The van der Waals surface area contributed by atoms with Crippen LogP contribution in [0.5, 0.6) is 0 Å². The van der Waals surface area contributed by atoms with Gasteiger partial charge in [0.05, 0.1) is 6.33 Å². The zero-order valence-corrected chi connectivity index (χ0v) is 10.7. The van der Waals surface area contributed by atoms with E-state index in [1.807, 2.05) is 0 Å². The number of hydrogen-bond donors (Lipinski definition) is 2. The quantitative estimate of drug-likeness (QED) is 0.763. The Morgan fingerprint density at radius 1 is 1.50 bits per heavy atom. The van der Waals surface area contributed by atoms with Crippen LogP contribution < -0.4 is 5.32 Å². The lowest BCUT2D eigenvalue weighted by atomic mass is 10.1. The van der Waals surface area contributed by atoms with Crippen molar-refractivity contribution in [1.29, 1.82) is 0 Å². The zero-order chi connectivity index (χ0) is 13.5. The third-order valence-corrected chi connectivity index (χ3v) is 2.49. The molecule has 2 N–H and O–H groups in total. The summed E-state index contributed by atoms with van der Waals surface area (Å²) in [6, 6.07) is 0. The van der Waals surface area contributed by atoms with Crippen molar-refractivity contribution in [2.24, 2.45) is 5.92 Å². The highest BCUT2D eigenvalue weighted by molar-refractivity contribution is 5.84. The molecule has 0 bridgehead atoms. The Morgan fingerprint density at radius 3 is 2.78 bits per heavy atom. The van der Waals surface area contributed by atoms with Gasteiger partial charge in [0.2, 0.25) is 5.91 Å². The molecule has 6 heteroatoms. The van der Waals surface area contributed by atoms with Crippen LogP contribution >= 0.6 is 0 Å². The SMILES string of the molecule is CC(C)CCC(=O)NCCn1cnc(C(=O)O)c1. The maximum Gasteiger partial charge on any atom is 0.356 e. The summed E-state index contributed by atoms with van der Waals surface area (Å²) in [5.74, 6) is -0.500. The highest BCUT2D eigenvalue weighted by atomic mass is 16.4. The van der Waals surface area contributed by atoms with E-state index < -0.39 is 5.97 Å². The number of nitrogens with one attached hydrogen (secondary N) is 1. The largest absolute Gasteiger partial charge is 0.476 e. The highest BCUT2D eigenvalue weighted by Gasteiger charge is 2.06. The molecule has 0 fully saturated rings. The van der Waals surface area contributed by atoms with Gasteiger partial charge in [0.1, 0.15) is 0 Å². The predicted octanol–water partition coefficient (Wildman–Crippen LogP) is 1.13. The lowest BCUT2D eigenvalue weighted by Gasteiger charge is -2.07. The molecule has 0 aliphatic rings. The number of carbonyl (C=O) groups is 2. The van der Waals surface area contributed by atoms with Crippen LogP contribution in [0.2, 0.25) is 0 Å². The van der Waals surface area contributed by atoms with Crippen molar-refractivity contribution < 1.29 is 14.7 Å². The molecular formula is C12H19N3O3. The molecule has 0 radical (unpaired) electrons. The summed E-state index contributed by atoms with van der Waals surface area (Å²) in [5.41, 5.74) is 0.0149. The van der Waals surface area contributed by atoms with Crippen LogP contribution in [0.4, 0.5) is 0 Å². The van der Waals surface area contributed by atoms with Gasteiger partial charge in [-0.3, -0.25) is 4.79 Å². The van der Waals surface area contributed by atoms with E-state index in [9.17, 15) is 9.59 Å². The van der Waals surface area contributed by atoms with Gasteiger partial charge in [-0.25, -0.2) is 9.78 Å². The highest BCUT2D eigenvalue weighted by Crippen LogP contribution is 2.02. The van der Waals surface area contributed by atoms with Crippen molar-refractivity contribution in [3.05, 3.63) is 18.2 Å². The van der Waals surface area contributed by atoms with Crippen molar-refractivity contribution in [2.45, 2.75) is 33.2 Å². The van der Waals surface area contributed by atoms with E-state index in [-0.39, 0.29) is 11.6 Å². The normalized spacial score (nSPS) is 10.6. The lowest BCUT2D eigenvalue weighted by molar-refractivity contribution is -0.121. The molecule has 0 saturated carbocycles. The average molecular weight is 253 g/mol. The molecule has 0 atom stereocenters. The zero-order valence-electron chi connectivity index (χ0n) is 10.7. The maximum absolute atomic E-state index is 11.4. The van der Waals surface area contributed by atoms with Crippen LogP contribution in [-0.2, 0) is 11.3 Å². The second kappa shape index (κ2) is 6.78. The van der Waals surface area contributed by atoms with Gasteiger partial charge in [0, 0.05) is 25.7 Å². The summed E-state index contributed by atoms with van der Waals surface area (Å²) in [6.45, 7) is 5.15. The average Bonchev–Trinajstić information content (AvgIpc) is 2.75. The number of imidazole rings is 1. The van der Waals surface area contributed by atoms with Crippen molar-refractivity contribution in [2.75, 3.05) is 6.54 Å². The first-order valence-corrected chi connectivity index (χ1v) is 6.01. The number of nitrogens with zero attached hydrogens (tertiary/aromatic N) is 2. The van der Waals surface area contributed by atoms with Gasteiger partial charge in [0.25, 0.3) is 0 Å². The van der Waals surface area contributed by atoms with Crippen molar-refractivity contribution in [3.63, 3.8) is 0 Å². The molecule has 1 aromatic heterocycles. The predicted molar refractivity (Wildman–Crippen MR) is 66.3 cm³/mol. The second-order valence-corrected chi connectivity index (χ2v) is 4.58. The first-order chi connectivity index (χ1) is 8.49. The van der Waals surface area contributed by atoms with Gasteiger partial charge in [-0.1, -0.05) is 13.8 Å². The van der Waals surface area contributed by atoms with Crippen molar-refractivity contribution in [1.82, 2.24) is 14.9 Å². The number of carboxylic acids is 1. The Bertz CT molecular complexity index is 412. The van der Waals surface area contributed by atoms with Gasteiger partial charge in [0.15, 0.2) is 5.69 Å². The molecule has 1 heterocycles. The summed E-state index contributed by atoms with van der Waals surface area (Å²) >= 11 is 0. The third-order valence-electron chi connectivity index (χ3n) is 2.49. The monoisotopic (exact) mass is 253 g/mol. The summed E-state index contributed by atoms with van der Waals surface area (Å²) in [5, 5.41) is 11.5. The van der Waals surface area contributed by atoms with E-state index in [0.29, 0.717) is 25.4 Å². The summed E-state index contributed by atoms with van der Waals surface area (Å²) in [6.07, 6.45) is 4.30. The molecule has 6 nitrogen and oxygen atoms in total. The molecule has 0 spiro atoms. The number of carbonyl (C=O) groups excluding carboxylic acids is 1. The molecule has 1 aromatic rings. The van der Waals surface area contributed by atoms with Gasteiger partial charge in [-0.15, -0.1) is 0 Å². The van der Waals surface area contributed by atoms with Crippen molar-refractivity contribution >= 4 is 11.9 Å². The van der Waals surface area contributed by atoms with Gasteiger partial charge < -0.3 is 15.0 Å². The molecule has 1 amide bonds. The fraction of sp³-hybridized carbons (Fsp3) is 0.583. The molecule has 0 aliphatic heterocycles. The molecule has 0 aliphatic carbocycles. The van der Waals surface area contributed by atoms with E-state index in [4.69, 9.17) is 5.11 Å². The summed E-state index contributed by atoms with van der Waals surface area (Å²) in [4.78, 5) is 25.7. The van der Waals surface area contributed by atoms with Crippen LogP contribution in [0.15, 0.2) is 12.5 Å². The second-order valence-electron chi connectivity index (χ2n) is 4.58. The molecular weight excluding hydrogens is 234 g/mol.